The smallest absolute Gasteiger partial charge is 0.308 e. The minimum absolute atomic E-state index is 0.0344. The average Bonchev–Trinajstić information content (AvgIpc) is 3.16. The summed E-state index contributed by atoms with van der Waals surface area (Å²) in [4.78, 5) is 36.5. The Hall–Kier alpha value is -2.09. The van der Waals surface area contributed by atoms with Gasteiger partial charge < -0.3 is 15.4 Å². The first kappa shape index (κ1) is 22.2. The van der Waals surface area contributed by atoms with Crippen molar-refractivity contribution in [2.75, 3.05) is 6.54 Å². The summed E-state index contributed by atoms with van der Waals surface area (Å²) < 4.78 is 5.12. The lowest BCUT2D eigenvalue weighted by Gasteiger charge is -2.19. The number of benzene rings is 1. The molecule has 1 aromatic carbocycles. The van der Waals surface area contributed by atoms with Crippen LogP contribution < -0.4 is 10.6 Å². The van der Waals surface area contributed by atoms with E-state index in [9.17, 15) is 14.4 Å². The number of halogens is 2. The monoisotopic (exact) mass is 442 g/mol. The number of hydrogen-bond acceptors (Lipinski definition) is 5. The average molecular weight is 443 g/mol. The van der Waals surface area contributed by atoms with Crippen molar-refractivity contribution in [3.63, 3.8) is 0 Å². The molecule has 0 aliphatic heterocycles. The van der Waals surface area contributed by atoms with E-state index in [0.29, 0.717) is 20.5 Å². The number of rotatable bonds is 8. The maximum Gasteiger partial charge on any atom is 0.308 e. The molecule has 2 amide bonds. The summed E-state index contributed by atoms with van der Waals surface area (Å²) in [5.41, 5.74) is 0.703. The van der Waals surface area contributed by atoms with Crippen molar-refractivity contribution < 1.29 is 19.1 Å². The molecule has 0 saturated heterocycles. The van der Waals surface area contributed by atoms with Crippen LogP contribution in [0.15, 0.2) is 35.7 Å². The Morgan fingerprint density at radius 3 is 2.57 bits per heavy atom. The Morgan fingerprint density at radius 2 is 1.93 bits per heavy atom. The lowest BCUT2D eigenvalue weighted by atomic mass is 10.1. The van der Waals surface area contributed by atoms with Crippen molar-refractivity contribution in [2.45, 2.75) is 32.4 Å². The maximum absolute atomic E-state index is 12.3. The largest absolute Gasteiger partial charge is 0.452 e. The van der Waals surface area contributed by atoms with Crippen molar-refractivity contribution >= 4 is 52.3 Å². The molecule has 0 aliphatic rings. The molecular weight excluding hydrogens is 423 g/mol. The van der Waals surface area contributed by atoms with E-state index in [1.165, 1.54) is 18.3 Å². The number of ether oxygens (including phenoxy) is 1. The van der Waals surface area contributed by atoms with Gasteiger partial charge >= 0.3 is 5.97 Å². The first-order valence-electron chi connectivity index (χ1n) is 8.54. The number of hydrogen-bond donors (Lipinski definition) is 2. The minimum Gasteiger partial charge on any atom is -0.452 e. The predicted molar refractivity (Wildman–Crippen MR) is 110 cm³/mol. The van der Waals surface area contributed by atoms with Gasteiger partial charge in [0.05, 0.1) is 17.3 Å². The van der Waals surface area contributed by atoms with Crippen LogP contribution in [0.25, 0.3) is 0 Å². The van der Waals surface area contributed by atoms with Gasteiger partial charge in [-0.15, -0.1) is 11.3 Å². The molecule has 1 aromatic heterocycles. The SMILES string of the molecule is CC(OC(=O)CCNC(=O)c1cccs1)C(=O)NC(C)c1ccc(Cl)cc1Cl. The van der Waals surface area contributed by atoms with Gasteiger partial charge in [0.25, 0.3) is 11.8 Å². The number of thiophene rings is 1. The Labute approximate surface area is 177 Å². The number of nitrogens with one attached hydrogen (secondary N) is 2. The molecule has 9 heteroatoms. The molecule has 0 aliphatic carbocycles. The van der Waals surface area contributed by atoms with E-state index in [4.69, 9.17) is 27.9 Å². The number of esters is 1. The highest BCUT2D eigenvalue weighted by atomic mass is 35.5. The second-order valence-corrected chi connectivity index (χ2v) is 7.80. The minimum atomic E-state index is -0.978. The summed E-state index contributed by atoms with van der Waals surface area (Å²) in [5.74, 6) is -1.27. The van der Waals surface area contributed by atoms with Gasteiger partial charge in [-0.05, 0) is 43.0 Å². The quantitative estimate of drug-likeness (QED) is 0.605. The van der Waals surface area contributed by atoms with Crippen molar-refractivity contribution in [3.8, 4) is 0 Å². The van der Waals surface area contributed by atoms with Crippen molar-refractivity contribution in [1.29, 1.82) is 0 Å². The Balaban J connectivity index is 1.76. The van der Waals surface area contributed by atoms with Crippen molar-refractivity contribution in [1.82, 2.24) is 10.6 Å². The highest BCUT2D eigenvalue weighted by molar-refractivity contribution is 7.12. The zero-order chi connectivity index (χ0) is 20.7. The molecular formula is C19H20Cl2N2O4S. The molecule has 0 bridgehead atoms. The van der Waals surface area contributed by atoms with Crippen LogP contribution in [0.3, 0.4) is 0 Å². The third kappa shape index (κ3) is 6.51. The van der Waals surface area contributed by atoms with Crippen LogP contribution in [-0.4, -0.2) is 30.4 Å². The number of amides is 2. The predicted octanol–water partition coefficient (Wildman–Crippen LogP) is 3.98. The van der Waals surface area contributed by atoms with E-state index < -0.39 is 18.0 Å². The van der Waals surface area contributed by atoms with E-state index in [2.05, 4.69) is 10.6 Å². The Bertz CT molecular complexity index is 842. The maximum atomic E-state index is 12.3. The number of carbonyl (C=O) groups excluding carboxylic acids is 3. The summed E-state index contributed by atoms with van der Waals surface area (Å²) in [6.07, 6.45) is -1.01. The fourth-order valence-electron chi connectivity index (χ4n) is 2.34. The highest BCUT2D eigenvalue weighted by Crippen LogP contribution is 2.26. The van der Waals surface area contributed by atoms with Gasteiger partial charge in [-0.25, -0.2) is 0 Å². The van der Waals surface area contributed by atoms with Crippen LogP contribution in [0.2, 0.25) is 10.0 Å². The van der Waals surface area contributed by atoms with Crippen LogP contribution in [-0.2, 0) is 14.3 Å². The van der Waals surface area contributed by atoms with Crippen LogP contribution in [0.1, 0.15) is 41.5 Å². The van der Waals surface area contributed by atoms with Gasteiger partial charge in [0.2, 0.25) is 0 Å². The summed E-state index contributed by atoms with van der Waals surface area (Å²) in [6, 6.07) is 8.07. The lowest BCUT2D eigenvalue weighted by molar-refractivity contribution is -0.154. The standard InChI is InChI=1S/C19H20Cl2N2O4S/c1-11(14-6-5-13(20)10-15(14)21)23-18(25)12(2)27-17(24)7-8-22-19(26)16-4-3-9-28-16/h3-6,9-12H,7-8H2,1-2H3,(H,22,26)(H,23,25). The molecule has 2 aromatic rings. The normalized spacial score (nSPS) is 12.7. The highest BCUT2D eigenvalue weighted by Gasteiger charge is 2.21. The molecule has 2 unspecified atom stereocenters. The van der Waals surface area contributed by atoms with E-state index in [-0.39, 0.29) is 24.9 Å². The van der Waals surface area contributed by atoms with Gasteiger partial charge in [-0.3, -0.25) is 14.4 Å². The van der Waals surface area contributed by atoms with Gasteiger partial charge in [-0.1, -0.05) is 35.3 Å². The van der Waals surface area contributed by atoms with Crippen molar-refractivity contribution in [2.24, 2.45) is 0 Å². The van der Waals surface area contributed by atoms with Gasteiger partial charge in [0.15, 0.2) is 6.10 Å². The Kier molecular flexibility index (Phi) is 8.29. The summed E-state index contributed by atoms with van der Waals surface area (Å²) in [7, 11) is 0. The van der Waals surface area contributed by atoms with Crippen LogP contribution in [0.4, 0.5) is 0 Å². The van der Waals surface area contributed by atoms with Crippen molar-refractivity contribution in [3.05, 3.63) is 56.2 Å². The molecule has 0 saturated carbocycles. The first-order valence-corrected chi connectivity index (χ1v) is 10.2. The van der Waals surface area contributed by atoms with Crippen LogP contribution >= 0.6 is 34.5 Å². The van der Waals surface area contributed by atoms with E-state index in [1.807, 2.05) is 0 Å². The third-order valence-corrected chi connectivity index (χ3v) is 5.26. The van der Waals surface area contributed by atoms with E-state index in [1.54, 1.807) is 42.6 Å². The van der Waals surface area contributed by atoms with Gasteiger partial charge in [-0.2, -0.15) is 0 Å². The topological polar surface area (TPSA) is 84.5 Å². The lowest BCUT2D eigenvalue weighted by Crippen LogP contribution is -2.37. The number of carbonyl (C=O) groups is 3. The fourth-order valence-corrected chi connectivity index (χ4v) is 3.56. The molecule has 0 fully saturated rings. The second-order valence-electron chi connectivity index (χ2n) is 6.01. The van der Waals surface area contributed by atoms with E-state index >= 15 is 0 Å². The van der Waals surface area contributed by atoms with Crippen LogP contribution in [0, 0.1) is 0 Å². The first-order chi connectivity index (χ1) is 13.3. The molecule has 2 atom stereocenters. The third-order valence-electron chi connectivity index (χ3n) is 3.82. The molecule has 28 heavy (non-hydrogen) atoms. The van der Waals surface area contributed by atoms with Crippen LogP contribution in [0.5, 0.6) is 0 Å². The van der Waals surface area contributed by atoms with E-state index in [0.717, 1.165) is 0 Å². The zero-order valence-electron chi connectivity index (χ0n) is 15.3. The molecule has 2 N–H and O–H groups in total. The van der Waals surface area contributed by atoms with Gasteiger partial charge in [0, 0.05) is 16.6 Å². The van der Waals surface area contributed by atoms with Gasteiger partial charge in [0.1, 0.15) is 0 Å². The summed E-state index contributed by atoms with van der Waals surface area (Å²) >= 11 is 13.3. The zero-order valence-corrected chi connectivity index (χ0v) is 17.7. The molecule has 1 heterocycles. The molecule has 150 valence electrons. The Morgan fingerprint density at radius 1 is 1.18 bits per heavy atom. The molecule has 6 nitrogen and oxygen atoms in total. The summed E-state index contributed by atoms with van der Waals surface area (Å²) in [6.45, 7) is 3.37. The molecule has 2 rings (SSSR count). The fraction of sp³-hybridized carbons (Fsp3) is 0.316. The molecule has 0 radical (unpaired) electrons. The summed E-state index contributed by atoms with van der Waals surface area (Å²) in [5, 5.41) is 8.10. The molecule has 0 spiro atoms. The second kappa shape index (κ2) is 10.5.